The van der Waals surface area contributed by atoms with Crippen molar-refractivity contribution in [3.63, 3.8) is 0 Å². The maximum absolute atomic E-state index is 12.3. The zero-order valence-electron chi connectivity index (χ0n) is 20.7. The number of nitrogens with one attached hydrogen (secondary N) is 1. The number of carbonyl (C=O) groups is 1. The second-order valence-corrected chi connectivity index (χ2v) is 7.87. The first-order valence-corrected chi connectivity index (χ1v) is 11.3. The van der Waals surface area contributed by atoms with Gasteiger partial charge < -0.3 is 14.6 Å². The summed E-state index contributed by atoms with van der Waals surface area (Å²) in [6.45, 7) is 7.99. The molecule has 1 saturated heterocycles. The molecule has 1 fully saturated rings. The van der Waals surface area contributed by atoms with Crippen molar-refractivity contribution in [1.82, 2.24) is 15.2 Å². The summed E-state index contributed by atoms with van der Waals surface area (Å²) < 4.78 is 20.3. The van der Waals surface area contributed by atoms with Gasteiger partial charge in [0.2, 0.25) is 0 Å². The monoisotopic (exact) mass is 486 g/mol. The Balaban J connectivity index is 0.00000210. The fourth-order valence-electron chi connectivity index (χ4n) is 3.80. The van der Waals surface area contributed by atoms with Gasteiger partial charge in [0.05, 0.1) is 34.2 Å². The van der Waals surface area contributed by atoms with E-state index in [4.69, 9.17) is 9.47 Å². The molecule has 0 unspecified atom stereocenters. The number of hydrogen-bond donors (Lipinski definition) is 2. The molecule has 2 aromatic carbocycles. The molecule has 0 aliphatic carbocycles. The summed E-state index contributed by atoms with van der Waals surface area (Å²) in [7, 11) is 3.83. The van der Waals surface area contributed by atoms with E-state index in [-0.39, 0.29) is 18.2 Å². The third kappa shape index (κ3) is 8.38. The number of halogens is 1. The number of hydrogen-bond acceptors (Lipinski definition) is 7. The second kappa shape index (κ2) is 14.7. The van der Waals surface area contributed by atoms with Gasteiger partial charge in [-0.3, -0.25) is 19.0 Å². The number of nitrogens with zero attached hydrogens (tertiary/aromatic N) is 3. The predicted molar refractivity (Wildman–Crippen MR) is 136 cm³/mol. The molecule has 35 heavy (non-hydrogen) atoms. The maximum atomic E-state index is 12.3. The van der Waals surface area contributed by atoms with Crippen molar-refractivity contribution < 1.29 is 23.8 Å². The Bertz CT molecular complexity index is 991. The Morgan fingerprint density at radius 3 is 2.49 bits per heavy atom. The van der Waals surface area contributed by atoms with Crippen LogP contribution in [0.25, 0.3) is 0 Å². The van der Waals surface area contributed by atoms with Crippen LogP contribution < -0.4 is 14.9 Å². The van der Waals surface area contributed by atoms with Gasteiger partial charge in [-0.05, 0) is 36.2 Å². The molecule has 1 aliphatic rings. The van der Waals surface area contributed by atoms with E-state index < -0.39 is 0 Å². The van der Waals surface area contributed by atoms with Crippen LogP contribution in [0.3, 0.4) is 0 Å². The van der Waals surface area contributed by atoms with Gasteiger partial charge in [0.25, 0.3) is 5.91 Å². The number of phenolic OH excluding ortho intramolecular Hbond substituents is 1. The third-order valence-corrected chi connectivity index (χ3v) is 5.62. The quantitative estimate of drug-likeness (QED) is 0.305. The topological polar surface area (TPSA) is 86.6 Å². The van der Waals surface area contributed by atoms with E-state index >= 15 is 0 Å². The average Bonchev–Trinajstić information content (AvgIpc) is 2.88. The summed E-state index contributed by atoms with van der Waals surface area (Å²) in [6.07, 6.45) is 3.75. The molecule has 0 bridgehead atoms. The van der Waals surface area contributed by atoms with Gasteiger partial charge in [-0.25, -0.2) is 5.43 Å². The van der Waals surface area contributed by atoms with Gasteiger partial charge in [-0.1, -0.05) is 18.2 Å². The summed E-state index contributed by atoms with van der Waals surface area (Å²) in [5, 5.41) is 14.3. The zero-order chi connectivity index (χ0) is 25.6. The van der Waals surface area contributed by atoms with Crippen LogP contribution >= 0.6 is 0 Å². The van der Waals surface area contributed by atoms with E-state index in [0.717, 1.165) is 55.3 Å². The molecule has 0 aromatic heterocycles. The lowest BCUT2D eigenvalue weighted by Gasteiger charge is -2.34. The van der Waals surface area contributed by atoms with Crippen LogP contribution in [0.2, 0.25) is 0 Å². The van der Waals surface area contributed by atoms with Crippen LogP contribution in [0.1, 0.15) is 16.7 Å². The van der Waals surface area contributed by atoms with Crippen LogP contribution in [0, 0.1) is 0 Å². The summed E-state index contributed by atoms with van der Waals surface area (Å²) in [6, 6.07) is 11.2. The Hall–Kier alpha value is -3.43. The van der Waals surface area contributed by atoms with Crippen LogP contribution in [-0.4, -0.2) is 81.1 Å². The molecule has 0 saturated carbocycles. The number of piperazine rings is 1. The minimum atomic E-state index is -0.184. The molecule has 9 heteroatoms. The number of hydrazone groups is 1. The second-order valence-electron chi connectivity index (χ2n) is 7.87. The maximum Gasteiger partial charge on any atom is 0.254 e. The lowest BCUT2D eigenvalue weighted by molar-refractivity contribution is -0.122. The van der Waals surface area contributed by atoms with Crippen LogP contribution in [0.15, 0.2) is 54.2 Å². The van der Waals surface area contributed by atoms with E-state index in [1.165, 1.54) is 6.21 Å². The highest BCUT2D eigenvalue weighted by atomic mass is 19.1. The van der Waals surface area contributed by atoms with Gasteiger partial charge in [0.1, 0.15) is 17.2 Å². The lowest BCUT2D eigenvalue weighted by atomic mass is 10.1. The zero-order valence-corrected chi connectivity index (χ0v) is 20.7. The van der Waals surface area contributed by atoms with E-state index in [1.54, 1.807) is 26.4 Å². The average molecular weight is 487 g/mol. The normalized spacial score (nSPS) is 14.2. The number of carbonyl (C=O) groups excluding carboxylic acids is 1. The molecule has 3 rings (SSSR count). The summed E-state index contributed by atoms with van der Waals surface area (Å²) in [4.78, 5) is 16.7. The summed E-state index contributed by atoms with van der Waals surface area (Å²) in [5.41, 5.74) is 4.95. The number of rotatable bonds is 10. The van der Waals surface area contributed by atoms with Gasteiger partial charge in [-0.2, -0.15) is 5.10 Å². The molecule has 0 spiro atoms. The molecule has 1 aliphatic heterocycles. The minimum Gasteiger partial charge on any atom is -0.507 e. The summed E-state index contributed by atoms with van der Waals surface area (Å²) >= 11 is 0. The number of amides is 1. The number of allylic oxidation sites excluding steroid dienone is 1. The smallest absolute Gasteiger partial charge is 0.254 e. The Morgan fingerprint density at radius 1 is 1.11 bits per heavy atom. The first-order valence-electron chi connectivity index (χ1n) is 11.3. The SMILES string of the molecule is C=CCc1cccc(/C=N\NC(=O)CN2CCN(Cc3cc(OC)ccc3OC)CC2)c1O.CF. The van der Waals surface area contributed by atoms with Crippen molar-refractivity contribution >= 4 is 12.1 Å². The van der Waals surface area contributed by atoms with E-state index in [0.29, 0.717) is 19.2 Å². The number of methoxy groups -OCH3 is 2. The number of alkyl halides is 1. The molecule has 2 aromatic rings. The number of aromatic hydroxyl groups is 1. The molecular formula is C26H35FN4O4. The molecule has 2 N–H and O–H groups in total. The molecule has 1 amide bonds. The number of benzene rings is 2. The highest BCUT2D eigenvalue weighted by molar-refractivity contribution is 5.86. The fraction of sp³-hybridized carbons (Fsp3) is 0.385. The van der Waals surface area contributed by atoms with E-state index in [9.17, 15) is 14.3 Å². The molecule has 0 radical (unpaired) electrons. The van der Waals surface area contributed by atoms with Crippen molar-refractivity contribution in [3.8, 4) is 17.2 Å². The van der Waals surface area contributed by atoms with Gasteiger partial charge in [-0.15, -0.1) is 6.58 Å². The Morgan fingerprint density at radius 2 is 1.83 bits per heavy atom. The first-order chi connectivity index (χ1) is 17.0. The largest absolute Gasteiger partial charge is 0.507 e. The Labute approximate surface area is 206 Å². The van der Waals surface area contributed by atoms with Crippen molar-refractivity contribution in [1.29, 1.82) is 0 Å². The first kappa shape index (κ1) is 27.8. The van der Waals surface area contributed by atoms with Gasteiger partial charge in [0.15, 0.2) is 0 Å². The minimum absolute atomic E-state index is 0.152. The predicted octanol–water partition coefficient (Wildman–Crippen LogP) is 2.99. The standard InChI is InChI=1S/C25H32N4O4.CH3F/c1-4-6-19-7-5-8-20(25(19)31)16-26-27-24(30)18-29-13-11-28(12-14-29)17-21-15-22(32-2)9-10-23(21)33-3;1-2/h4-5,7-10,15-16,31H,1,6,11-14,17-18H2,2-3H3,(H,27,30);1H3/b26-16-;. The highest BCUT2D eigenvalue weighted by Gasteiger charge is 2.20. The van der Waals surface area contributed by atoms with Crippen molar-refractivity contribution in [2.45, 2.75) is 13.0 Å². The van der Waals surface area contributed by atoms with Crippen molar-refractivity contribution in [2.75, 3.05) is 54.1 Å². The Kier molecular flexibility index (Phi) is 11.7. The molecule has 190 valence electrons. The molecular weight excluding hydrogens is 451 g/mol. The van der Waals surface area contributed by atoms with Crippen molar-refractivity contribution in [2.24, 2.45) is 5.10 Å². The number of ether oxygens (including phenoxy) is 2. The van der Waals surface area contributed by atoms with Gasteiger partial charge in [0, 0.05) is 43.9 Å². The van der Waals surface area contributed by atoms with Gasteiger partial charge >= 0.3 is 0 Å². The third-order valence-electron chi connectivity index (χ3n) is 5.62. The molecule has 8 nitrogen and oxygen atoms in total. The van der Waals surface area contributed by atoms with Crippen LogP contribution in [0.5, 0.6) is 17.2 Å². The van der Waals surface area contributed by atoms with Crippen LogP contribution in [-0.2, 0) is 17.8 Å². The van der Waals surface area contributed by atoms with E-state index in [1.807, 2.05) is 30.3 Å². The van der Waals surface area contributed by atoms with Crippen LogP contribution in [0.4, 0.5) is 4.39 Å². The fourth-order valence-corrected chi connectivity index (χ4v) is 3.80. The van der Waals surface area contributed by atoms with E-state index in [2.05, 4.69) is 26.9 Å². The summed E-state index contributed by atoms with van der Waals surface area (Å²) in [5.74, 6) is 1.62. The number of phenols is 1. The number of para-hydroxylation sites is 1. The highest BCUT2D eigenvalue weighted by Crippen LogP contribution is 2.25. The lowest BCUT2D eigenvalue weighted by Crippen LogP contribution is -2.48. The molecule has 1 heterocycles. The van der Waals surface area contributed by atoms with Crippen molar-refractivity contribution in [3.05, 3.63) is 65.7 Å². The molecule has 0 atom stereocenters.